The Labute approximate surface area is 321 Å². The van der Waals surface area contributed by atoms with Crippen LogP contribution in [0.25, 0.3) is 0 Å². The van der Waals surface area contributed by atoms with Crippen molar-refractivity contribution in [3.8, 4) is 0 Å². The Morgan fingerprint density at radius 1 is 0.635 bits per heavy atom. The molecular formula is C43H84N2O6P+. The fraction of sp³-hybridized carbons (Fsp3) is 0.837. The first-order valence-corrected chi connectivity index (χ1v) is 22.9. The largest absolute Gasteiger partial charge is 0.472 e. The second-order valence-corrected chi connectivity index (χ2v) is 17.2. The van der Waals surface area contributed by atoms with Crippen LogP contribution in [0.3, 0.4) is 0 Å². The molecule has 1 unspecified atom stereocenters. The van der Waals surface area contributed by atoms with Crippen LogP contribution >= 0.6 is 7.82 Å². The molecule has 0 saturated carbocycles. The average Bonchev–Trinajstić information content (AvgIpc) is 3.09. The van der Waals surface area contributed by atoms with Gasteiger partial charge in [0, 0.05) is 6.42 Å². The highest BCUT2D eigenvalue weighted by atomic mass is 31.2. The van der Waals surface area contributed by atoms with Gasteiger partial charge in [-0.3, -0.25) is 13.8 Å². The standard InChI is InChI=1S/C43H83N2O6P/c1-6-8-10-12-14-16-18-20-21-22-23-25-27-29-31-33-35-37-43(47)44-41(40-51-52(48,49)50-39-38-45(3,4)5)42(46)36-34-32-30-28-26-24-19-17-15-13-11-9-7-2/h11,13,20-21,34,36,41-42,46H,6-10,12,14-19,22-33,35,37-40H2,1-5H3,(H-,44,47,48,49)/p+1/b13-11-,21-20-,36-34+/t41-,42+/m0/s1. The number of nitrogens with zero attached hydrogens (tertiary/aromatic N) is 1. The van der Waals surface area contributed by atoms with Crippen molar-refractivity contribution in [3.63, 3.8) is 0 Å². The molecule has 0 spiro atoms. The molecule has 1 amide bonds. The summed E-state index contributed by atoms with van der Waals surface area (Å²) in [6.45, 7) is 4.74. The van der Waals surface area contributed by atoms with Crippen LogP contribution in [0.5, 0.6) is 0 Å². The monoisotopic (exact) mass is 756 g/mol. The predicted molar refractivity (Wildman–Crippen MR) is 221 cm³/mol. The van der Waals surface area contributed by atoms with E-state index in [1.54, 1.807) is 6.08 Å². The summed E-state index contributed by atoms with van der Waals surface area (Å²) in [4.78, 5) is 23.1. The number of carbonyl (C=O) groups is 1. The average molecular weight is 756 g/mol. The molecule has 0 aromatic rings. The molecule has 0 bridgehead atoms. The summed E-state index contributed by atoms with van der Waals surface area (Å²) in [7, 11) is 1.56. The van der Waals surface area contributed by atoms with Crippen molar-refractivity contribution in [1.29, 1.82) is 0 Å². The molecule has 0 heterocycles. The third-order valence-electron chi connectivity index (χ3n) is 9.30. The minimum atomic E-state index is -4.34. The smallest absolute Gasteiger partial charge is 0.387 e. The third-order valence-corrected chi connectivity index (χ3v) is 10.3. The first-order chi connectivity index (χ1) is 25.0. The summed E-state index contributed by atoms with van der Waals surface area (Å²) in [6, 6.07) is -0.850. The Kier molecular flexibility index (Phi) is 34.6. The summed E-state index contributed by atoms with van der Waals surface area (Å²) < 4.78 is 23.5. The number of nitrogens with one attached hydrogen (secondary N) is 1. The number of likely N-dealkylation sites (N-methyl/N-ethyl adjacent to an activating group) is 1. The lowest BCUT2D eigenvalue weighted by atomic mass is 10.1. The van der Waals surface area contributed by atoms with Crippen LogP contribution < -0.4 is 5.32 Å². The second-order valence-electron chi connectivity index (χ2n) is 15.7. The minimum absolute atomic E-state index is 0.0587. The number of allylic oxidation sites excluding steroid dienone is 5. The molecule has 0 radical (unpaired) electrons. The topological polar surface area (TPSA) is 105 Å². The van der Waals surface area contributed by atoms with E-state index in [0.29, 0.717) is 17.4 Å². The molecule has 0 fully saturated rings. The van der Waals surface area contributed by atoms with Gasteiger partial charge < -0.3 is 19.8 Å². The summed E-state index contributed by atoms with van der Waals surface area (Å²) in [5.41, 5.74) is 0. The van der Waals surface area contributed by atoms with Crippen molar-refractivity contribution < 1.29 is 32.9 Å². The van der Waals surface area contributed by atoms with Crippen molar-refractivity contribution in [3.05, 3.63) is 36.5 Å². The predicted octanol–water partition coefficient (Wildman–Crippen LogP) is 11.5. The van der Waals surface area contributed by atoms with Crippen LogP contribution in [0.2, 0.25) is 0 Å². The van der Waals surface area contributed by atoms with E-state index < -0.39 is 20.0 Å². The van der Waals surface area contributed by atoms with E-state index in [1.165, 1.54) is 122 Å². The number of hydrogen-bond donors (Lipinski definition) is 3. The van der Waals surface area contributed by atoms with Crippen LogP contribution in [0.1, 0.15) is 181 Å². The molecule has 306 valence electrons. The van der Waals surface area contributed by atoms with Crippen molar-refractivity contribution in [2.45, 2.75) is 193 Å². The lowest BCUT2D eigenvalue weighted by molar-refractivity contribution is -0.870. The number of carbonyl (C=O) groups excluding carboxylic acids is 1. The normalized spacial score (nSPS) is 14.8. The van der Waals surface area contributed by atoms with Gasteiger partial charge in [0.1, 0.15) is 13.2 Å². The summed E-state index contributed by atoms with van der Waals surface area (Å²) in [6.07, 6.45) is 42.0. The van der Waals surface area contributed by atoms with Gasteiger partial charge in [0.25, 0.3) is 0 Å². The highest BCUT2D eigenvalue weighted by Crippen LogP contribution is 2.43. The molecule has 0 saturated heterocycles. The van der Waals surface area contributed by atoms with Gasteiger partial charge in [-0.1, -0.05) is 147 Å². The first kappa shape index (κ1) is 50.7. The van der Waals surface area contributed by atoms with Gasteiger partial charge in [0.2, 0.25) is 5.91 Å². The molecule has 0 aromatic heterocycles. The minimum Gasteiger partial charge on any atom is -0.387 e. The number of phosphoric acid groups is 1. The Hall–Kier alpha value is -1.28. The Morgan fingerprint density at radius 2 is 1.08 bits per heavy atom. The zero-order valence-electron chi connectivity index (χ0n) is 34.5. The van der Waals surface area contributed by atoms with E-state index in [9.17, 15) is 19.4 Å². The van der Waals surface area contributed by atoms with E-state index in [0.717, 1.165) is 38.5 Å². The van der Waals surface area contributed by atoms with Gasteiger partial charge in [0.05, 0.1) is 39.9 Å². The number of hydrogen-bond acceptors (Lipinski definition) is 5. The molecule has 9 heteroatoms. The second kappa shape index (κ2) is 35.4. The van der Waals surface area contributed by atoms with Gasteiger partial charge in [0.15, 0.2) is 0 Å². The lowest BCUT2D eigenvalue weighted by Crippen LogP contribution is -2.45. The van der Waals surface area contributed by atoms with Crippen LogP contribution in [0, 0.1) is 0 Å². The van der Waals surface area contributed by atoms with Crippen LogP contribution in [0.15, 0.2) is 36.5 Å². The lowest BCUT2D eigenvalue weighted by Gasteiger charge is -2.25. The first-order valence-electron chi connectivity index (χ1n) is 21.4. The molecule has 0 rings (SSSR count). The van der Waals surface area contributed by atoms with Crippen molar-refractivity contribution in [2.75, 3.05) is 40.9 Å². The molecule has 8 nitrogen and oxygen atoms in total. The van der Waals surface area contributed by atoms with Crippen molar-refractivity contribution >= 4 is 13.7 Å². The zero-order chi connectivity index (χ0) is 38.6. The van der Waals surface area contributed by atoms with E-state index in [4.69, 9.17) is 9.05 Å². The Bertz CT molecular complexity index is 948. The van der Waals surface area contributed by atoms with Gasteiger partial charge in [-0.15, -0.1) is 0 Å². The maximum absolute atomic E-state index is 12.8. The van der Waals surface area contributed by atoms with E-state index in [1.807, 2.05) is 27.2 Å². The quantitative estimate of drug-likeness (QED) is 0.0251. The fourth-order valence-corrected chi connectivity index (χ4v) is 6.60. The van der Waals surface area contributed by atoms with Gasteiger partial charge in [-0.2, -0.15) is 0 Å². The summed E-state index contributed by atoms with van der Waals surface area (Å²) in [5, 5.41) is 13.8. The van der Waals surface area contributed by atoms with Crippen molar-refractivity contribution in [1.82, 2.24) is 5.32 Å². The number of quaternary nitrogens is 1. The molecule has 3 N–H and O–H groups in total. The number of amides is 1. The van der Waals surface area contributed by atoms with Gasteiger partial charge in [-0.05, 0) is 64.2 Å². The summed E-state index contributed by atoms with van der Waals surface area (Å²) >= 11 is 0. The van der Waals surface area contributed by atoms with E-state index >= 15 is 0 Å². The molecule has 0 aliphatic heterocycles. The zero-order valence-corrected chi connectivity index (χ0v) is 35.4. The molecule has 0 aliphatic carbocycles. The Balaban J connectivity index is 4.45. The highest BCUT2D eigenvalue weighted by molar-refractivity contribution is 7.47. The highest BCUT2D eigenvalue weighted by Gasteiger charge is 2.27. The number of aliphatic hydroxyl groups is 1. The maximum atomic E-state index is 12.8. The van der Waals surface area contributed by atoms with E-state index in [2.05, 4.69) is 43.5 Å². The van der Waals surface area contributed by atoms with Crippen molar-refractivity contribution in [2.24, 2.45) is 0 Å². The van der Waals surface area contributed by atoms with Crippen LogP contribution in [-0.2, 0) is 18.4 Å². The van der Waals surface area contributed by atoms with Crippen LogP contribution in [0.4, 0.5) is 0 Å². The number of aliphatic hydroxyl groups excluding tert-OH is 1. The molecule has 3 atom stereocenters. The molecule has 0 aliphatic rings. The SMILES string of the molecule is CCC/C=C\CCCCCCCC/C=C/[C@@H](O)[C@H](COP(=O)(O)OCC[N+](C)(C)C)NC(=O)CCCCCCCCC/C=C\CCCCCCCC. The fourth-order valence-electron chi connectivity index (χ4n) is 5.86. The third kappa shape index (κ3) is 37.1. The van der Waals surface area contributed by atoms with Gasteiger partial charge in [-0.25, -0.2) is 4.57 Å². The number of unbranched alkanes of at least 4 members (excludes halogenated alkanes) is 21. The maximum Gasteiger partial charge on any atom is 0.472 e. The summed E-state index contributed by atoms with van der Waals surface area (Å²) in [5.74, 6) is -0.187. The molecule has 0 aromatic carbocycles. The van der Waals surface area contributed by atoms with Crippen LogP contribution in [-0.4, -0.2) is 73.4 Å². The number of rotatable bonds is 38. The number of phosphoric ester groups is 1. The Morgan fingerprint density at radius 3 is 1.56 bits per heavy atom. The molecular weight excluding hydrogens is 671 g/mol. The van der Waals surface area contributed by atoms with Gasteiger partial charge >= 0.3 is 7.82 Å². The molecule has 52 heavy (non-hydrogen) atoms. The van der Waals surface area contributed by atoms with E-state index in [-0.39, 0.29) is 19.1 Å².